The molecule has 0 fully saturated rings. The number of para-hydroxylation sites is 2. The van der Waals surface area contributed by atoms with Crippen molar-refractivity contribution in [3.05, 3.63) is 95.6 Å². The Balaban J connectivity index is 1.77. The van der Waals surface area contributed by atoms with Gasteiger partial charge in [0.15, 0.2) is 0 Å². The molecule has 0 aliphatic heterocycles. The molecule has 2 N–H and O–H groups in total. The summed E-state index contributed by atoms with van der Waals surface area (Å²) in [6.45, 7) is 3.24. The Labute approximate surface area is 194 Å². The van der Waals surface area contributed by atoms with Crippen molar-refractivity contribution in [2.24, 2.45) is 0 Å². The van der Waals surface area contributed by atoms with Crippen molar-refractivity contribution in [3.63, 3.8) is 0 Å². The Morgan fingerprint density at radius 2 is 1.52 bits per heavy atom. The zero-order valence-corrected chi connectivity index (χ0v) is 19.6. The van der Waals surface area contributed by atoms with Crippen molar-refractivity contribution in [1.29, 1.82) is 0 Å². The summed E-state index contributed by atoms with van der Waals surface area (Å²) < 4.78 is 25.8. The molecule has 0 aliphatic carbocycles. The molecule has 3 rings (SSSR count). The average Bonchev–Trinajstić information content (AvgIpc) is 2.78. The lowest BCUT2D eigenvalue weighted by Crippen LogP contribution is -2.38. The second kappa shape index (κ2) is 10.3. The molecule has 0 spiro atoms. The van der Waals surface area contributed by atoms with Crippen molar-refractivity contribution in [3.8, 4) is 0 Å². The molecule has 3 aromatic rings. The van der Waals surface area contributed by atoms with Gasteiger partial charge in [-0.05, 0) is 43.2 Å². The highest BCUT2D eigenvalue weighted by molar-refractivity contribution is 7.92. The van der Waals surface area contributed by atoms with Crippen molar-refractivity contribution in [1.82, 2.24) is 5.32 Å². The van der Waals surface area contributed by atoms with Gasteiger partial charge in [-0.1, -0.05) is 60.7 Å². The molecule has 0 bridgehead atoms. The highest BCUT2D eigenvalue weighted by atomic mass is 32.2. The van der Waals surface area contributed by atoms with E-state index in [-0.39, 0.29) is 17.5 Å². The van der Waals surface area contributed by atoms with E-state index in [2.05, 4.69) is 10.6 Å². The van der Waals surface area contributed by atoms with Crippen molar-refractivity contribution >= 4 is 33.2 Å². The van der Waals surface area contributed by atoms with Crippen LogP contribution in [0.5, 0.6) is 0 Å². The number of carbonyl (C=O) groups excluding carboxylic acids is 2. The Morgan fingerprint density at radius 1 is 0.909 bits per heavy atom. The zero-order valence-electron chi connectivity index (χ0n) is 18.8. The molecule has 0 saturated carbocycles. The summed E-state index contributed by atoms with van der Waals surface area (Å²) in [5.74, 6) is -0.902. The van der Waals surface area contributed by atoms with Gasteiger partial charge in [-0.15, -0.1) is 0 Å². The number of carbonyl (C=O) groups is 2. The fourth-order valence-electron chi connectivity index (χ4n) is 3.43. The summed E-state index contributed by atoms with van der Waals surface area (Å²) in [6.07, 6.45) is 1.05. The highest BCUT2D eigenvalue weighted by Crippen LogP contribution is 2.23. The molecule has 33 heavy (non-hydrogen) atoms. The van der Waals surface area contributed by atoms with Gasteiger partial charge in [0.2, 0.25) is 15.9 Å². The maximum Gasteiger partial charge on any atom is 0.253 e. The van der Waals surface area contributed by atoms with Crippen LogP contribution in [-0.4, -0.2) is 33.0 Å². The van der Waals surface area contributed by atoms with Crippen molar-refractivity contribution in [2.45, 2.75) is 19.9 Å². The SMILES string of the molecule is Cc1ccccc1N(CC(=O)Nc1ccccc1C(=O)N[C@@H](C)c1ccccc1)S(C)(=O)=O. The number of anilines is 2. The maximum absolute atomic E-state index is 12.9. The van der Waals surface area contributed by atoms with Gasteiger partial charge in [-0.3, -0.25) is 13.9 Å². The molecular weight excluding hydrogens is 438 g/mol. The number of aryl methyl sites for hydroxylation is 1. The third-order valence-electron chi connectivity index (χ3n) is 5.16. The Morgan fingerprint density at radius 3 is 2.18 bits per heavy atom. The monoisotopic (exact) mass is 465 g/mol. The van der Waals surface area contributed by atoms with Crippen molar-refractivity contribution < 1.29 is 18.0 Å². The quantitative estimate of drug-likeness (QED) is 0.528. The van der Waals surface area contributed by atoms with Crippen LogP contribution in [0.25, 0.3) is 0 Å². The number of amides is 2. The van der Waals surface area contributed by atoms with E-state index in [4.69, 9.17) is 0 Å². The van der Waals surface area contributed by atoms with Crippen LogP contribution >= 0.6 is 0 Å². The summed E-state index contributed by atoms with van der Waals surface area (Å²) in [5, 5.41) is 5.62. The lowest BCUT2D eigenvalue weighted by Gasteiger charge is -2.24. The largest absolute Gasteiger partial charge is 0.345 e. The van der Waals surface area contributed by atoms with Gasteiger partial charge in [0.25, 0.3) is 5.91 Å². The molecule has 0 radical (unpaired) electrons. The fraction of sp³-hybridized carbons (Fsp3) is 0.200. The van der Waals surface area contributed by atoms with Gasteiger partial charge in [0.05, 0.1) is 29.2 Å². The number of hydrogen-bond donors (Lipinski definition) is 2. The normalized spacial score (nSPS) is 12.0. The third-order valence-corrected chi connectivity index (χ3v) is 6.29. The second-order valence-corrected chi connectivity index (χ2v) is 9.66. The van der Waals surface area contributed by atoms with Crippen LogP contribution in [-0.2, 0) is 14.8 Å². The Kier molecular flexibility index (Phi) is 7.50. The standard InChI is InChI=1S/C25H27N3O4S/c1-18-11-7-10-16-23(18)28(33(3,31)32)17-24(29)27-22-15-9-8-14-21(22)25(30)26-19(2)20-12-5-4-6-13-20/h4-16,19H,17H2,1-3H3,(H,26,30)(H,27,29)/t19-/m0/s1. The van der Waals surface area contributed by atoms with Crippen LogP contribution in [0.3, 0.4) is 0 Å². The van der Waals surface area contributed by atoms with Crippen LogP contribution < -0.4 is 14.9 Å². The number of nitrogens with one attached hydrogen (secondary N) is 2. The predicted octanol–water partition coefficient (Wildman–Crippen LogP) is 3.89. The number of nitrogens with zero attached hydrogens (tertiary/aromatic N) is 1. The van der Waals surface area contributed by atoms with Gasteiger partial charge in [-0.2, -0.15) is 0 Å². The number of sulfonamides is 1. The summed E-state index contributed by atoms with van der Waals surface area (Å²) in [5.41, 5.74) is 2.70. The van der Waals surface area contributed by atoms with E-state index in [9.17, 15) is 18.0 Å². The summed E-state index contributed by atoms with van der Waals surface area (Å²) in [4.78, 5) is 25.7. The van der Waals surface area contributed by atoms with Crippen molar-refractivity contribution in [2.75, 3.05) is 22.4 Å². The molecule has 0 aromatic heterocycles. The third kappa shape index (κ3) is 6.20. The van der Waals surface area contributed by atoms with E-state index in [1.807, 2.05) is 37.3 Å². The van der Waals surface area contributed by atoms with Gasteiger partial charge < -0.3 is 10.6 Å². The smallest absolute Gasteiger partial charge is 0.253 e. The van der Waals surface area contributed by atoms with Gasteiger partial charge in [0.1, 0.15) is 6.54 Å². The van der Waals surface area contributed by atoms with Crippen LogP contribution in [0, 0.1) is 6.92 Å². The first kappa shape index (κ1) is 24.0. The lowest BCUT2D eigenvalue weighted by atomic mass is 10.1. The molecule has 172 valence electrons. The molecule has 3 aromatic carbocycles. The molecule has 1 atom stereocenters. The van der Waals surface area contributed by atoms with E-state index in [1.165, 1.54) is 0 Å². The first-order valence-corrected chi connectivity index (χ1v) is 12.3. The van der Waals surface area contributed by atoms with Crippen LogP contribution in [0.1, 0.15) is 34.5 Å². The van der Waals surface area contributed by atoms with E-state index in [1.54, 1.807) is 55.5 Å². The summed E-state index contributed by atoms with van der Waals surface area (Å²) in [6, 6.07) is 22.9. The molecule has 0 saturated heterocycles. The first-order valence-electron chi connectivity index (χ1n) is 10.4. The maximum atomic E-state index is 12.9. The molecule has 2 amide bonds. The molecule has 0 heterocycles. The van der Waals surface area contributed by atoms with Crippen LogP contribution in [0.2, 0.25) is 0 Å². The van der Waals surface area contributed by atoms with Gasteiger partial charge in [-0.25, -0.2) is 8.42 Å². The fourth-order valence-corrected chi connectivity index (χ4v) is 4.35. The Hall–Kier alpha value is -3.65. The topological polar surface area (TPSA) is 95.6 Å². The number of benzene rings is 3. The molecule has 0 aliphatic rings. The lowest BCUT2D eigenvalue weighted by molar-refractivity contribution is -0.114. The number of hydrogen-bond acceptors (Lipinski definition) is 4. The molecular formula is C25H27N3O4S. The van der Waals surface area contributed by atoms with Crippen LogP contribution in [0.4, 0.5) is 11.4 Å². The highest BCUT2D eigenvalue weighted by Gasteiger charge is 2.23. The predicted molar refractivity (Wildman–Crippen MR) is 131 cm³/mol. The number of rotatable bonds is 8. The summed E-state index contributed by atoms with van der Waals surface area (Å²) >= 11 is 0. The van der Waals surface area contributed by atoms with Crippen LogP contribution in [0.15, 0.2) is 78.9 Å². The minimum Gasteiger partial charge on any atom is -0.345 e. The van der Waals surface area contributed by atoms with E-state index >= 15 is 0 Å². The van der Waals surface area contributed by atoms with Gasteiger partial charge >= 0.3 is 0 Å². The Bertz CT molecular complexity index is 1240. The van der Waals surface area contributed by atoms with Gasteiger partial charge in [0, 0.05) is 0 Å². The molecule has 8 heteroatoms. The van der Waals surface area contributed by atoms with E-state index in [0.29, 0.717) is 11.4 Å². The first-order chi connectivity index (χ1) is 15.7. The minimum atomic E-state index is -3.71. The molecule has 0 unspecified atom stereocenters. The average molecular weight is 466 g/mol. The zero-order chi connectivity index (χ0) is 24.0. The summed E-state index contributed by atoms with van der Waals surface area (Å²) in [7, 11) is -3.71. The minimum absolute atomic E-state index is 0.232. The molecule has 7 nitrogen and oxygen atoms in total. The van der Waals surface area contributed by atoms with E-state index < -0.39 is 22.5 Å². The second-order valence-electron chi connectivity index (χ2n) is 7.76. The van der Waals surface area contributed by atoms with E-state index in [0.717, 1.165) is 21.7 Å².